The Morgan fingerprint density at radius 1 is 1.11 bits per heavy atom. The zero-order valence-electron chi connectivity index (χ0n) is 15.8. The fourth-order valence-corrected chi connectivity index (χ4v) is 5.14. The lowest BCUT2D eigenvalue weighted by Gasteiger charge is -2.19. The predicted molar refractivity (Wildman–Crippen MR) is 114 cm³/mol. The molecule has 1 N–H and O–H groups in total. The molecule has 2 aromatic heterocycles. The van der Waals surface area contributed by atoms with E-state index in [0.717, 1.165) is 41.4 Å². The van der Waals surface area contributed by atoms with Crippen LogP contribution in [0.3, 0.4) is 0 Å². The summed E-state index contributed by atoms with van der Waals surface area (Å²) in [5.41, 5.74) is 2.72. The molecule has 4 rings (SSSR count). The maximum Gasteiger partial charge on any atom is 0.267 e. The van der Waals surface area contributed by atoms with E-state index in [1.165, 1.54) is 11.3 Å². The van der Waals surface area contributed by atoms with Crippen LogP contribution in [-0.2, 0) is 0 Å². The minimum absolute atomic E-state index is 0.0169. The zero-order valence-corrected chi connectivity index (χ0v) is 17.5. The van der Waals surface area contributed by atoms with E-state index in [1.54, 1.807) is 17.4 Å². The number of aryl methyl sites for hydroxylation is 2. The number of hydrogen-bond donors (Lipinski definition) is 1. The van der Waals surface area contributed by atoms with Crippen LogP contribution in [0.15, 0.2) is 35.7 Å². The van der Waals surface area contributed by atoms with E-state index < -0.39 is 0 Å². The number of benzene rings is 1. The summed E-state index contributed by atoms with van der Waals surface area (Å²) in [6.07, 6.45) is 2.07. The lowest BCUT2D eigenvalue weighted by molar-refractivity contribution is 0.0794. The van der Waals surface area contributed by atoms with Gasteiger partial charge in [0.25, 0.3) is 11.8 Å². The number of nitrogens with zero attached hydrogens (tertiary/aromatic N) is 2. The van der Waals surface area contributed by atoms with E-state index >= 15 is 0 Å². The van der Waals surface area contributed by atoms with Gasteiger partial charge in [-0.15, -0.1) is 22.7 Å². The third kappa shape index (κ3) is 3.59. The Bertz CT molecular complexity index is 1020. The Morgan fingerprint density at radius 2 is 1.89 bits per heavy atom. The van der Waals surface area contributed by atoms with Gasteiger partial charge < -0.3 is 10.2 Å². The monoisotopic (exact) mass is 411 g/mol. The molecule has 28 heavy (non-hydrogen) atoms. The molecule has 3 aromatic rings. The number of hydrogen-bond acceptors (Lipinski definition) is 5. The predicted octanol–water partition coefficient (Wildman–Crippen LogP) is 4.98. The maximum atomic E-state index is 13.0. The number of nitrogens with one attached hydrogen (secondary N) is 1. The van der Waals surface area contributed by atoms with Crippen molar-refractivity contribution < 1.29 is 9.59 Å². The van der Waals surface area contributed by atoms with Gasteiger partial charge >= 0.3 is 0 Å². The Morgan fingerprint density at radius 3 is 2.61 bits per heavy atom. The normalized spacial score (nSPS) is 13.7. The average molecular weight is 412 g/mol. The highest BCUT2D eigenvalue weighted by Crippen LogP contribution is 2.32. The highest BCUT2D eigenvalue weighted by molar-refractivity contribution is 7.22. The lowest BCUT2D eigenvalue weighted by Crippen LogP contribution is -2.29. The van der Waals surface area contributed by atoms with Crippen LogP contribution in [0.5, 0.6) is 0 Å². The molecule has 1 aliphatic heterocycles. The molecule has 0 saturated carbocycles. The van der Waals surface area contributed by atoms with Crippen molar-refractivity contribution in [2.75, 3.05) is 18.4 Å². The van der Waals surface area contributed by atoms with E-state index in [4.69, 9.17) is 0 Å². The van der Waals surface area contributed by atoms with Crippen LogP contribution in [0.25, 0.3) is 9.88 Å². The highest BCUT2D eigenvalue weighted by Gasteiger charge is 2.24. The number of thiophene rings is 1. The van der Waals surface area contributed by atoms with Gasteiger partial charge in [-0.25, -0.2) is 4.98 Å². The first-order chi connectivity index (χ1) is 13.5. The Kier molecular flexibility index (Phi) is 5.28. The van der Waals surface area contributed by atoms with Crippen LogP contribution < -0.4 is 5.32 Å². The van der Waals surface area contributed by atoms with Crippen molar-refractivity contribution in [2.24, 2.45) is 0 Å². The summed E-state index contributed by atoms with van der Waals surface area (Å²) in [6.45, 7) is 5.31. The summed E-state index contributed by atoms with van der Waals surface area (Å²) in [5, 5.41) is 5.83. The number of amides is 2. The van der Waals surface area contributed by atoms with E-state index in [2.05, 4.69) is 10.3 Å². The highest BCUT2D eigenvalue weighted by atomic mass is 32.1. The first-order valence-corrected chi connectivity index (χ1v) is 11.0. The maximum absolute atomic E-state index is 13.0. The summed E-state index contributed by atoms with van der Waals surface area (Å²) in [6, 6.07) is 9.53. The SMILES string of the molecule is Cc1cccc(C(=O)N2CCCC2)c1NC(=O)c1sc(-c2cccs2)nc1C. The van der Waals surface area contributed by atoms with Gasteiger partial charge in [0.2, 0.25) is 0 Å². The molecule has 2 amide bonds. The van der Waals surface area contributed by atoms with Gasteiger partial charge in [0.1, 0.15) is 9.88 Å². The van der Waals surface area contributed by atoms with Crippen LogP contribution >= 0.6 is 22.7 Å². The molecule has 3 heterocycles. The van der Waals surface area contributed by atoms with Crippen molar-refractivity contribution in [2.45, 2.75) is 26.7 Å². The van der Waals surface area contributed by atoms with Gasteiger partial charge in [-0.05, 0) is 49.8 Å². The van der Waals surface area contributed by atoms with Crippen molar-refractivity contribution in [3.05, 3.63) is 57.4 Å². The molecule has 1 aromatic carbocycles. The number of rotatable bonds is 4. The minimum atomic E-state index is -0.220. The molecular formula is C21H21N3O2S2. The Hall–Kier alpha value is -2.51. The number of likely N-dealkylation sites (tertiary alicyclic amines) is 1. The van der Waals surface area contributed by atoms with Crippen LogP contribution in [0, 0.1) is 13.8 Å². The molecule has 1 aliphatic rings. The van der Waals surface area contributed by atoms with E-state index in [-0.39, 0.29) is 11.8 Å². The summed E-state index contributed by atoms with van der Waals surface area (Å²) >= 11 is 2.98. The lowest BCUT2D eigenvalue weighted by atomic mass is 10.1. The van der Waals surface area contributed by atoms with E-state index in [0.29, 0.717) is 21.8 Å². The largest absolute Gasteiger partial charge is 0.339 e. The van der Waals surface area contributed by atoms with Crippen molar-refractivity contribution in [1.29, 1.82) is 0 Å². The van der Waals surface area contributed by atoms with Crippen LogP contribution in [0.1, 0.15) is 44.1 Å². The van der Waals surface area contributed by atoms with Gasteiger partial charge in [0.05, 0.1) is 21.8 Å². The molecule has 7 heteroatoms. The van der Waals surface area contributed by atoms with Gasteiger partial charge in [-0.2, -0.15) is 0 Å². The number of anilines is 1. The third-order valence-electron chi connectivity index (χ3n) is 4.87. The molecule has 0 unspecified atom stereocenters. The molecule has 144 valence electrons. The van der Waals surface area contributed by atoms with Gasteiger partial charge in [0, 0.05) is 13.1 Å². The average Bonchev–Trinajstić information content (AvgIpc) is 3.44. The van der Waals surface area contributed by atoms with Crippen molar-refractivity contribution >= 4 is 40.2 Å². The smallest absolute Gasteiger partial charge is 0.267 e. The van der Waals surface area contributed by atoms with E-state index in [9.17, 15) is 9.59 Å². The van der Waals surface area contributed by atoms with Crippen molar-refractivity contribution in [3.8, 4) is 9.88 Å². The number of para-hydroxylation sites is 1. The Balaban J connectivity index is 1.62. The molecule has 0 spiro atoms. The standard InChI is InChI=1S/C21H21N3O2S2/c1-13-7-5-8-15(21(26)24-10-3-4-11-24)17(13)23-19(25)18-14(2)22-20(28-18)16-9-6-12-27-16/h5-9,12H,3-4,10-11H2,1-2H3,(H,23,25). The number of carbonyl (C=O) groups excluding carboxylic acids is 2. The second-order valence-corrected chi connectivity index (χ2v) is 8.81. The number of thiazole rings is 1. The first kappa shape index (κ1) is 18.8. The first-order valence-electron chi connectivity index (χ1n) is 9.26. The summed E-state index contributed by atoms with van der Waals surface area (Å²) < 4.78 is 0. The van der Waals surface area contributed by atoms with E-state index in [1.807, 2.05) is 48.4 Å². The minimum Gasteiger partial charge on any atom is -0.339 e. The third-order valence-corrected chi connectivity index (χ3v) is 7.07. The summed E-state index contributed by atoms with van der Waals surface area (Å²) in [7, 11) is 0. The van der Waals surface area contributed by atoms with Crippen molar-refractivity contribution in [1.82, 2.24) is 9.88 Å². The van der Waals surface area contributed by atoms with Crippen LogP contribution in [0.4, 0.5) is 5.69 Å². The molecule has 1 saturated heterocycles. The molecule has 5 nitrogen and oxygen atoms in total. The molecule has 0 aliphatic carbocycles. The van der Waals surface area contributed by atoms with Crippen molar-refractivity contribution in [3.63, 3.8) is 0 Å². The van der Waals surface area contributed by atoms with Crippen LogP contribution in [-0.4, -0.2) is 34.8 Å². The quantitative estimate of drug-likeness (QED) is 0.659. The number of carbonyl (C=O) groups is 2. The zero-order chi connectivity index (χ0) is 19.7. The topological polar surface area (TPSA) is 62.3 Å². The number of aromatic nitrogens is 1. The van der Waals surface area contributed by atoms with Gasteiger partial charge in [-0.3, -0.25) is 9.59 Å². The summed E-state index contributed by atoms with van der Waals surface area (Å²) in [4.78, 5) is 34.0. The molecule has 0 bridgehead atoms. The molecule has 1 fully saturated rings. The molecule has 0 radical (unpaired) electrons. The second kappa shape index (κ2) is 7.85. The van der Waals surface area contributed by atoms with Crippen LogP contribution in [0.2, 0.25) is 0 Å². The van der Waals surface area contributed by atoms with Gasteiger partial charge in [0.15, 0.2) is 0 Å². The molecule has 0 atom stereocenters. The fourth-order valence-electron chi connectivity index (χ4n) is 3.39. The fraction of sp³-hybridized carbons (Fsp3) is 0.286. The molecular weight excluding hydrogens is 390 g/mol. The van der Waals surface area contributed by atoms with Gasteiger partial charge in [-0.1, -0.05) is 18.2 Å². The Labute approximate surface area is 172 Å². The second-order valence-electron chi connectivity index (χ2n) is 6.86. The summed E-state index contributed by atoms with van der Waals surface area (Å²) in [5.74, 6) is -0.237.